The molecule has 0 aliphatic heterocycles. The normalized spacial score (nSPS) is 30.1. The van der Waals surface area contributed by atoms with Gasteiger partial charge in [0.15, 0.2) is 0 Å². The first-order chi connectivity index (χ1) is 8.53. The number of benzene rings is 1. The number of hydrogen-bond donors (Lipinski definition) is 1. The fraction of sp³-hybridized carbons (Fsp3) is 0.529. The Balaban J connectivity index is 1.90. The zero-order chi connectivity index (χ0) is 12.8. The van der Waals surface area contributed by atoms with Gasteiger partial charge < -0.3 is 5.73 Å². The van der Waals surface area contributed by atoms with E-state index in [4.69, 9.17) is 5.73 Å². The molecule has 2 N–H and O–H groups in total. The second-order valence-corrected chi connectivity index (χ2v) is 6.75. The lowest BCUT2D eigenvalue weighted by Crippen LogP contribution is -2.35. The number of fused-ring (bicyclic) bond motifs is 2. The minimum atomic E-state index is -0.121. The van der Waals surface area contributed by atoms with Crippen molar-refractivity contribution in [2.45, 2.75) is 44.6 Å². The summed E-state index contributed by atoms with van der Waals surface area (Å²) < 4.78 is 0. The second kappa shape index (κ2) is 4.24. The van der Waals surface area contributed by atoms with Gasteiger partial charge in [0.2, 0.25) is 0 Å². The molecule has 0 radical (unpaired) electrons. The van der Waals surface area contributed by atoms with E-state index in [2.05, 4.69) is 50.3 Å². The molecule has 0 unspecified atom stereocenters. The Hall–Kier alpha value is -1.08. The molecule has 2 bridgehead atoms. The molecule has 0 aromatic heterocycles. The lowest BCUT2D eigenvalue weighted by molar-refractivity contribution is 0.505. The quantitative estimate of drug-likeness (QED) is 0.803. The SMILES string of the molecule is CC(C)(N)Cc1ccccc1[C@@H]1C[C@H]2C=C[C@@H]1C2. The van der Waals surface area contributed by atoms with Gasteiger partial charge in [-0.3, -0.25) is 0 Å². The van der Waals surface area contributed by atoms with Crippen LogP contribution >= 0.6 is 0 Å². The molecule has 0 spiro atoms. The molecule has 1 saturated carbocycles. The summed E-state index contributed by atoms with van der Waals surface area (Å²) in [7, 11) is 0. The third-order valence-corrected chi connectivity index (χ3v) is 4.38. The summed E-state index contributed by atoms with van der Waals surface area (Å²) in [5, 5.41) is 0. The van der Waals surface area contributed by atoms with Crippen molar-refractivity contribution in [3.8, 4) is 0 Å². The average molecular weight is 241 g/mol. The molecule has 1 fully saturated rings. The maximum Gasteiger partial charge on any atom is 0.0138 e. The maximum absolute atomic E-state index is 6.20. The van der Waals surface area contributed by atoms with Crippen LogP contribution in [0.1, 0.15) is 43.7 Å². The summed E-state index contributed by atoms with van der Waals surface area (Å²) in [6.45, 7) is 4.23. The summed E-state index contributed by atoms with van der Waals surface area (Å²) in [6.07, 6.45) is 8.52. The lowest BCUT2D eigenvalue weighted by atomic mass is 9.81. The molecule has 1 aromatic carbocycles. The Morgan fingerprint density at radius 1 is 1.17 bits per heavy atom. The molecule has 18 heavy (non-hydrogen) atoms. The standard InChI is InChI=1S/C17H23N/c1-17(2,18)11-14-5-3-4-6-15(14)16-10-12-7-8-13(16)9-12/h3-8,12-13,16H,9-11,18H2,1-2H3/t12-,13+,16+/m0/s1. The minimum absolute atomic E-state index is 0.121. The van der Waals surface area contributed by atoms with E-state index in [0.29, 0.717) is 0 Å². The average Bonchev–Trinajstić information content (AvgIpc) is 2.89. The first-order valence-electron chi connectivity index (χ1n) is 7.08. The van der Waals surface area contributed by atoms with E-state index in [-0.39, 0.29) is 5.54 Å². The molecule has 3 atom stereocenters. The highest BCUT2D eigenvalue weighted by Gasteiger charge is 2.37. The van der Waals surface area contributed by atoms with Crippen LogP contribution in [0.4, 0.5) is 0 Å². The molecule has 1 aromatic rings. The van der Waals surface area contributed by atoms with Crippen molar-refractivity contribution in [2.24, 2.45) is 17.6 Å². The topological polar surface area (TPSA) is 26.0 Å². The first kappa shape index (κ1) is 12.0. The molecule has 1 heteroatoms. The fourth-order valence-electron chi connectivity index (χ4n) is 3.69. The Morgan fingerprint density at radius 3 is 2.56 bits per heavy atom. The van der Waals surface area contributed by atoms with Crippen molar-refractivity contribution in [2.75, 3.05) is 0 Å². The molecule has 0 heterocycles. The largest absolute Gasteiger partial charge is 0.325 e. The zero-order valence-electron chi connectivity index (χ0n) is 11.4. The predicted octanol–water partition coefficient (Wildman–Crippen LogP) is 3.65. The third kappa shape index (κ3) is 2.24. The van der Waals surface area contributed by atoms with Crippen LogP contribution < -0.4 is 5.73 Å². The van der Waals surface area contributed by atoms with E-state index < -0.39 is 0 Å². The number of rotatable bonds is 3. The van der Waals surface area contributed by atoms with Gasteiger partial charge in [0.1, 0.15) is 0 Å². The molecule has 3 rings (SSSR count). The Labute approximate surface area is 110 Å². The predicted molar refractivity (Wildman–Crippen MR) is 76.5 cm³/mol. The van der Waals surface area contributed by atoms with Crippen LogP contribution in [-0.2, 0) is 6.42 Å². The van der Waals surface area contributed by atoms with Gasteiger partial charge in [-0.25, -0.2) is 0 Å². The van der Waals surface area contributed by atoms with E-state index in [9.17, 15) is 0 Å². The number of allylic oxidation sites excluding steroid dienone is 2. The van der Waals surface area contributed by atoms with Crippen LogP contribution in [-0.4, -0.2) is 5.54 Å². The Kier molecular flexibility index (Phi) is 2.82. The van der Waals surface area contributed by atoms with Crippen LogP contribution in [0.3, 0.4) is 0 Å². The van der Waals surface area contributed by atoms with Crippen molar-refractivity contribution >= 4 is 0 Å². The highest BCUT2D eigenvalue weighted by molar-refractivity contribution is 5.35. The van der Waals surface area contributed by atoms with Crippen LogP contribution in [0.5, 0.6) is 0 Å². The van der Waals surface area contributed by atoms with E-state index >= 15 is 0 Å². The number of hydrogen-bond acceptors (Lipinski definition) is 1. The molecule has 1 nitrogen and oxygen atoms in total. The van der Waals surface area contributed by atoms with Gasteiger partial charge in [0, 0.05) is 5.54 Å². The van der Waals surface area contributed by atoms with Crippen molar-refractivity contribution in [3.05, 3.63) is 47.5 Å². The van der Waals surface area contributed by atoms with Crippen LogP contribution in [0.25, 0.3) is 0 Å². The molecular weight excluding hydrogens is 218 g/mol. The summed E-state index contributed by atoms with van der Waals surface area (Å²) in [5.41, 5.74) is 9.08. The van der Waals surface area contributed by atoms with E-state index in [1.54, 1.807) is 5.56 Å². The molecule has 96 valence electrons. The smallest absolute Gasteiger partial charge is 0.0138 e. The monoisotopic (exact) mass is 241 g/mol. The van der Waals surface area contributed by atoms with E-state index in [1.165, 1.54) is 18.4 Å². The molecule has 2 aliphatic rings. The van der Waals surface area contributed by atoms with Gasteiger partial charge in [0.05, 0.1) is 0 Å². The molecule has 0 saturated heterocycles. The zero-order valence-corrected chi connectivity index (χ0v) is 11.4. The second-order valence-electron chi connectivity index (χ2n) is 6.75. The molecule has 0 amide bonds. The van der Waals surface area contributed by atoms with Crippen molar-refractivity contribution in [1.29, 1.82) is 0 Å². The number of nitrogens with two attached hydrogens (primary N) is 1. The van der Waals surface area contributed by atoms with E-state index in [0.717, 1.165) is 24.2 Å². The van der Waals surface area contributed by atoms with Gasteiger partial charge in [-0.15, -0.1) is 0 Å². The highest BCUT2D eigenvalue weighted by atomic mass is 14.7. The molecular formula is C17H23N. The summed E-state index contributed by atoms with van der Waals surface area (Å²) in [5.74, 6) is 2.34. The van der Waals surface area contributed by atoms with E-state index in [1.807, 2.05) is 0 Å². The summed E-state index contributed by atoms with van der Waals surface area (Å²) in [4.78, 5) is 0. The minimum Gasteiger partial charge on any atom is -0.325 e. The van der Waals surface area contributed by atoms with Crippen LogP contribution in [0.2, 0.25) is 0 Å². The molecule has 2 aliphatic carbocycles. The lowest BCUT2D eigenvalue weighted by Gasteiger charge is -2.25. The first-order valence-corrected chi connectivity index (χ1v) is 7.08. The van der Waals surface area contributed by atoms with Crippen molar-refractivity contribution < 1.29 is 0 Å². The van der Waals surface area contributed by atoms with Gasteiger partial charge in [0.25, 0.3) is 0 Å². The van der Waals surface area contributed by atoms with Crippen LogP contribution in [0, 0.1) is 11.8 Å². The van der Waals surface area contributed by atoms with Gasteiger partial charge >= 0.3 is 0 Å². The van der Waals surface area contributed by atoms with Gasteiger partial charge in [-0.2, -0.15) is 0 Å². The van der Waals surface area contributed by atoms with Crippen LogP contribution in [0.15, 0.2) is 36.4 Å². The third-order valence-electron chi connectivity index (χ3n) is 4.38. The highest BCUT2D eigenvalue weighted by Crippen LogP contribution is 2.49. The maximum atomic E-state index is 6.20. The summed E-state index contributed by atoms with van der Waals surface area (Å²) in [6, 6.07) is 8.91. The summed E-state index contributed by atoms with van der Waals surface area (Å²) >= 11 is 0. The van der Waals surface area contributed by atoms with Gasteiger partial charge in [-0.05, 0) is 62.0 Å². The fourth-order valence-corrected chi connectivity index (χ4v) is 3.69. The van der Waals surface area contributed by atoms with Gasteiger partial charge in [-0.1, -0.05) is 36.4 Å². The Morgan fingerprint density at radius 2 is 1.94 bits per heavy atom. The van der Waals surface area contributed by atoms with Crippen molar-refractivity contribution in [1.82, 2.24) is 0 Å². The Bertz CT molecular complexity index is 467. The van der Waals surface area contributed by atoms with Crippen molar-refractivity contribution in [3.63, 3.8) is 0 Å².